The molecule has 0 bridgehead atoms. The second-order valence-electron chi connectivity index (χ2n) is 6.80. The molecular weight excluding hydrogens is 356 g/mol. The van der Waals surface area contributed by atoms with Crippen molar-refractivity contribution in [2.24, 2.45) is 0 Å². The standard InChI is InChI=1S/C22H26N2O4/c1-5-22(27-4,14-26-3)17-11-18(13-23-12-17)28-15(2)19-10-16-8-6-7-9-20(16)24-21(19)25/h6-13,15H,5,14H2,1-4H3,(H,24,25). The van der Waals surface area contributed by atoms with E-state index in [1.807, 2.05) is 50.2 Å². The number of methoxy groups -OCH3 is 2. The number of hydrogen-bond donors (Lipinski definition) is 1. The summed E-state index contributed by atoms with van der Waals surface area (Å²) >= 11 is 0. The Hall–Kier alpha value is -2.70. The van der Waals surface area contributed by atoms with Crippen molar-refractivity contribution in [1.82, 2.24) is 9.97 Å². The summed E-state index contributed by atoms with van der Waals surface area (Å²) in [5.74, 6) is 0.573. The van der Waals surface area contributed by atoms with E-state index in [-0.39, 0.29) is 5.56 Å². The summed E-state index contributed by atoms with van der Waals surface area (Å²) in [6.45, 7) is 4.29. The van der Waals surface area contributed by atoms with Gasteiger partial charge in [-0.3, -0.25) is 9.78 Å². The van der Waals surface area contributed by atoms with Gasteiger partial charge in [0.25, 0.3) is 5.56 Å². The highest BCUT2D eigenvalue weighted by atomic mass is 16.5. The van der Waals surface area contributed by atoms with Crippen LogP contribution < -0.4 is 10.3 Å². The SMILES string of the molecule is CCC(COC)(OC)c1cncc(OC(C)c2cc3ccccc3[nH]c2=O)c1. The Morgan fingerprint density at radius 3 is 2.68 bits per heavy atom. The number of nitrogens with one attached hydrogen (secondary N) is 1. The van der Waals surface area contributed by atoms with E-state index in [9.17, 15) is 4.79 Å². The highest BCUT2D eigenvalue weighted by Gasteiger charge is 2.31. The largest absolute Gasteiger partial charge is 0.484 e. The van der Waals surface area contributed by atoms with Crippen molar-refractivity contribution >= 4 is 10.9 Å². The maximum Gasteiger partial charge on any atom is 0.255 e. The number of benzene rings is 1. The van der Waals surface area contributed by atoms with E-state index < -0.39 is 11.7 Å². The number of pyridine rings is 2. The predicted molar refractivity (Wildman–Crippen MR) is 109 cm³/mol. The van der Waals surface area contributed by atoms with Crippen LogP contribution in [0.15, 0.2) is 53.6 Å². The van der Waals surface area contributed by atoms with E-state index in [1.54, 1.807) is 26.6 Å². The second-order valence-corrected chi connectivity index (χ2v) is 6.80. The normalized spacial score (nSPS) is 14.6. The Balaban J connectivity index is 1.90. The Kier molecular flexibility index (Phi) is 6.11. The Morgan fingerprint density at radius 2 is 1.96 bits per heavy atom. The quantitative estimate of drug-likeness (QED) is 0.638. The van der Waals surface area contributed by atoms with Crippen LogP contribution in [0, 0.1) is 0 Å². The lowest BCUT2D eigenvalue weighted by atomic mass is 9.93. The van der Waals surface area contributed by atoms with Crippen molar-refractivity contribution in [3.63, 3.8) is 0 Å². The first kappa shape index (κ1) is 20.0. The van der Waals surface area contributed by atoms with Gasteiger partial charge < -0.3 is 19.2 Å². The fourth-order valence-electron chi connectivity index (χ4n) is 3.41. The molecule has 1 N–H and O–H groups in total. The van der Waals surface area contributed by atoms with Gasteiger partial charge in [0.1, 0.15) is 17.5 Å². The van der Waals surface area contributed by atoms with Crippen LogP contribution in [0.1, 0.15) is 37.5 Å². The third-order valence-corrected chi connectivity index (χ3v) is 5.11. The molecule has 3 rings (SSSR count). The molecule has 0 aliphatic carbocycles. The molecule has 2 aromatic heterocycles. The first-order valence-electron chi connectivity index (χ1n) is 9.31. The van der Waals surface area contributed by atoms with Gasteiger partial charge >= 0.3 is 0 Å². The molecule has 0 amide bonds. The number of rotatable bonds is 8. The average Bonchev–Trinajstić information content (AvgIpc) is 2.71. The number of hydrogen-bond acceptors (Lipinski definition) is 5. The van der Waals surface area contributed by atoms with E-state index in [4.69, 9.17) is 14.2 Å². The summed E-state index contributed by atoms with van der Waals surface area (Å²) in [5.41, 5.74) is 1.49. The minimum absolute atomic E-state index is 0.158. The van der Waals surface area contributed by atoms with Crippen LogP contribution in [0.3, 0.4) is 0 Å². The van der Waals surface area contributed by atoms with Gasteiger partial charge in [0.15, 0.2) is 0 Å². The van der Waals surface area contributed by atoms with Crippen molar-refractivity contribution in [2.75, 3.05) is 20.8 Å². The number of aromatic amines is 1. The van der Waals surface area contributed by atoms with Gasteiger partial charge in [-0.05, 0) is 36.9 Å². The van der Waals surface area contributed by atoms with Crippen LogP contribution in [0.4, 0.5) is 0 Å². The van der Waals surface area contributed by atoms with E-state index in [2.05, 4.69) is 9.97 Å². The molecule has 28 heavy (non-hydrogen) atoms. The molecule has 2 unspecified atom stereocenters. The zero-order chi connectivity index (χ0) is 20.1. The summed E-state index contributed by atoms with van der Waals surface area (Å²) in [4.78, 5) is 19.7. The molecule has 0 radical (unpaired) electrons. The first-order valence-corrected chi connectivity index (χ1v) is 9.31. The lowest BCUT2D eigenvalue weighted by Gasteiger charge is -2.31. The molecule has 3 aromatic rings. The number of para-hydroxylation sites is 1. The Morgan fingerprint density at radius 1 is 1.18 bits per heavy atom. The van der Waals surface area contributed by atoms with Crippen molar-refractivity contribution in [3.8, 4) is 5.75 Å². The Bertz CT molecular complexity index is 995. The molecule has 148 valence electrons. The Labute approximate surface area is 164 Å². The maximum absolute atomic E-state index is 12.5. The molecule has 0 saturated heterocycles. The van der Waals surface area contributed by atoms with E-state index in [1.165, 1.54) is 0 Å². The summed E-state index contributed by atoms with van der Waals surface area (Å²) in [7, 11) is 3.30. The van der Waals surface area contributed by atoms with E-state index in [0.717, 1.165) is 22.9 Å². The molecule has 1 aromatic carbocycles. The van der Waals surface area contributed by atoms with Crippen molar-refractivity contribution in [2.45, 2.75) is 32.0 Å². The van der Waals surface area contributed by atoms with Crippen LogP contribution in [-0.2, 0) is 15.1 Å². The third-order valence-electron chi connectivity index (χ3n) is 5.11. The summed E-state index contributed by atoms with van der Waals surface area (Å²) < 4.78 is 17.2. The number of aromatic nitrogens is 2. The highest BCUT2D eigenvalue weighted by molar-refractivity contribution is 5.78. The highest BCUT2D eigenvalue weighted by Crippen LogP contribution is 2.32. The molecule has 0 aliphatic rings. The number of ether oxygens (including phenoxy) is 3. The lowest BCUT2D eigenvalue weighted by molar-refractivity contribution is -0.0723. The molecule has 6 nitrogen and oxygen atoms in total. The minimum Gasteiger partial charge on any atom is -0.484 e. The maximum atomic E-state index is 12.5. The zero-order valence-electron chi connectivity index (χ0n) is 16.7. The van der Waals surface area contributed by atoms with Crippen LogP contribution in [0.5, 0.6) is 5.75 Å². The second kappa shape index (κ2) is 8.54. The van der Waals surface area contributed by atoms with Gasteiger partial charge in [-0.15, -0.1) is 0 Å². The first-order chi connectivity index (χ1) is 13.5. The average molecular weight is 382 g/mol. The predicted octanol–water partition coefficient (Wildman–Crippen LogP) is 3.96. The van der Waals surface area contributed by atoms with Gasteiger partial charge in [0, 0.05) is 31.5 Å². The molecule has 0 spiro atoms. The summed E-state index contributed by atoms with van der Waals surface area (Å²) in [6.07, 6.45) is 3.68. The molecule has 6 heteroatoms. The number of fused-ring (bicyclic) bond motifs is 1. The third kappa shape index (κ3) is 3.93. The monoisotopic (exact) mass is 382 g/mol. The number of H-pyrrole nitrogens is 1. The lowest BCUT2D eigenvalue weighted by Crippen LogP contribution is -2.33. The van der Waals surface area contributed by atoms with Crippen LogP contribution in [0.25, 0.3) is 10.9 Å². The van der Waals surface area contributed by atoms with E-state index >= 15 is 0 Å². The van der Waals surface area contributed by atoms with Crippen molar-refractivity contribution in [1.29, 1.82) is 0 Å². The fraction of sp³-hybridized carbons (Fsp3) is 0.364. The fourth-order valence-corrected chi connectivity index (χ4v) is 3.41. The molecule has 0 saturated carbocycles. The topological polar surface area (TPSA) is 73.4 Å². The van der Waals surface area contributed by atoms with Crippen LogP contribution >= 0.6 is 0 Å². The van der Waals surface area contributed by atoms with Crippen LogP contribution in [0.2, 0.25) is 0 Å². The minimum atomic E-state index is -0.592. The van der Waals surface area contributed by atoms with Gasteiger partial charge in [-0.25, -0.2) is 0 Å². The van der Waals surface area contributed by atoms with Crippen molar-refractivity contribution < 1.29 is 14.2 Å². The van der Waals surface area contributed by atoms with Gasteiger partial charge in [0.05, 0.1) is 18.4 Å². The van der Waals surface area contributed by atoms with Gasteiger partial charge in [-0.1, -0.05) is 25.1 Å². The molecule has 2 atom stereocenters. The summed E-state index contributed by atoms with van der Waals surface area (Å²) in [6, 6.07) is 11.4. The zero-order valence-corrected chi connectivity index (χ0v) is 16.7. The number of nitrogens with zero attached hydrogens (tertiary/aromatic N) is 1. The van der Waals surface area contributed by atoms with Gasteiger partial charge in [-0.2, -0.15) is 0 Å². The van der Waals surface area contributed by atoms with Crippen molar-refractivity contribution in [3.05, 3.63) is 70.3 Å². The van der Waals surface area contributed by atoms with Crippen LogP contribution in [-0.4, -0.2) is 30.8 Å². The van der Waals surface area contributed by atoms with Gasteiger partial charge in [0.2, 0.25) is 0 Å². The smallest absolute Gasteiger partial charge is 0.255 e. The molecular formula is C22H26N2O4. The van der Waals surface area contributed by atoms with E-state index in [0.29, 0.717) is 17.9 Å². The molecule has 0 fully saturated rings. The molecule has 0 aliphatic heterocycles. The molecule has 2 heterocycles. The summed E-state index contributed by atoms with van der Waals surface area (Å²) in [5, 5.41) is 0.962.